The smallest absolute Gasteiger partial charge is 0.238 e. The molecule has 1 aliphatic rings. The second-order valence-electron chi connectivity index (χ2n) is 6.96. The zero-order chi connectivity index (χ0) is 18.5. The lowest BCUT2D eigenvalue weighted by Crippen LogP contribution is -2.36. The lowest BCUT2D eigenvalue weighted by atomic mass is 9.97. The largest absolute Gasteiger partial charge is 0.349 e. The fourth-order valence-electron chi connectivity index (χ4n) is 3.08. The van der Waals surface area contributed by atoms with Crippen molar-refractivity contribution in [2.75, 3.05) is 5.32 Å². The summed E-state index contributed by atoms with van der Waals surface area (Å²) >= 11 is 1.46. The van der Waals surface area contributed by atoms with Crippen molar-refractivity contribution in [2.24, 2.45) is 5.92 Å². The number of thioether (sulfide) groups is 1. The van der Waals surface area contributed by atoms with Crippen LogP contribution in [0, 0.1) is 5.92 Å². The van der Waals surface area contributed by atoms with E-state index in [9.17, 15) is 9.59 Å². The maximum absolute atomic E-state index is 12.6. The Kier molecular flexibility index (Phi) is 5.99. The molecule has 5 heteroatoms. The molecular formula is C21H24N2O2S. The van der Waals surface area contributed by atoms with Crippen LogP contribution in [-0.2, 0) is 9.59 Å². The molecule has 2 unspecified atom stereocenters. The molecule has 0 saturated heterocycles. The number of para-hydroxylation sites is 1. The van der Waals surface area contributed by atoms with E-state index in [0.717, 1.165) is 22.6 Å². The Morgan fingerprint density at radius 3 is 2.54 bits per heavy atom. The molecule has 0 bridgehead atoms. The molecule has 2 atom stereocenters. The quantitative estimate of drug-likeness (QED) is 0.795. The molecule has 0 spiro atoms. The van der Waals surface area contributed by atoms with Crippen LogP contribution in [-0.4, -0.2) is 17.1 Å². The van der Waals surface area contributed by atoms with Gasteiger partial charge in [0.05, 0.1) is 17.0 Å². The van der Waals surface area contributed by atoms with Crippen LogP contribution in [0.25, 0.3) is 0 Å². The number of benzene rings is 2. The van der Waals surface area contributed by atoms with Crippen molar-refractivity contribution in [1.29, 1.82) is 0 Å². The minimum absolute atomic E-state index is 0.0346. The number of nitrogens with one attached hydrogen (secondary N) is 2. The highest BCUT2D eigenvalue weighted by Gasteiger charge is 2.29. The highest BCUT2D eigenvalue weighted by Crippen LogP contribution is 2.36. The van der Waals surface area contributed by atoms with Gasteiger partial charge < -0.3 is 10.6 Å². The number of hydrogen-bond acceptors (Lipinski definition) is 3. The third kappa shape index (κ3) is 4.67. The van der Waals surface area contributed by atoms with E-state index in [1.807, 2.05) is 54.6 Å². The van der Waals surface area contributed by atoms with Crippen molar-refractivity contribution >= 4 is 29.3 Å². The molecule has 4 nitrogen and oxygen atoms in total. The molecule has 0 aliphatic carbocycles. The number of rotatable bonds is 6. The first-order chi connectivity index (χ1) is 12.5. The van der Waals surface area contributed by atoms with E-state index in [1.54, 1.807) is 0 Å². The van der Waals surface area contributed by atoms with Gasteiger partial charge in [-0.15, -0.1) is 11.8 Å². The van der Waals surface area contributed by atoms with E-state index in [4.69, 9.17) is 0 Å². The number of fused-ring (bicyclic) bond motifs is 1. The van der Waals surface area contributed by atoms with Crippen molar-refractivity contribution in [1.82, 2.24) is 5.32 Å². The van der Waals surface area contributed by atoms with E-state index >= 15 is 0 Å². The molecule has 2 amide bonds. The SMILES string of the molecule is CC(C)CC(NC(=O)CC1Sc2ccccc2NC1=O)c1ccccc1. The fraction of sp³-hybridized carbons (Fsp3) is 0.333. The lowest BCUT2D eigenvalue weighted by Gasteiger charge is -2.25. The third-order valence-electron chi connectivity index (χ3n) is 4.32. The number of carbonyl (C=O) groups excluding carboxylic acids is 2. The minimum atomic E-state index is -0.402. The van der Waals surface area contributed by atoms with Crippen LogP contribution in [0.4, 0.5) is 5.69 Å². The first kappa shape index (κ1) is 18.5. The monoisotopic (exact) mass is 368 g/mol. The Morgan fingerprint density at radius 1 is 1.12 bits per heavy atom. The zero-order valence-corrected chi connectivity index (χ0v) is 15.9. The molecule has 0 fully saturated rings. The molecule has 1 aliphatic heterocycles. The molecule has 2 N–H and O–H groups in total. The van der Waals surface area contributed by atoms with Gasteiger partial charge in [-0.05, 0) is 30.0 Å². The van der Waals surface area contributed by atoms with Crippen LogP contribution in [0.2, 0.25) is 0 Å². The number of hydrogen-bond donors (Lipinski definition) is 2. The van der Waals surface area contributed by atoms with Crippen molar-refractivity contribution in [3.8, 4) is 0 Å². The van der Waals surface area contributed by atoms with Crippen molar-refractivity contribution in [3.05, 3.63) is 60.2 Å². The summed E-state index contributed by atoms with van der Waals surface area (Å²) in [7, 11) is 0. The Morgan fingerprint density at radius 2 is 1.81 bits per heavy atom. The highest BCUT2D eigenvalue weighted by molar-refractivity contribution is 8.01. The van der Waals surface area contributed by atoms with Crippen molar-refractivity contribution < 1.29 is 9.59 Å². The maximum atomic E-state index is 12.6. The molecule has 0 radical (unpaired) electrons. The summed E-state index contributed by atoms with van der Waals surface area (Å²) in [5, 5.41) is 5.61. The Bertz CT molecular complexity index is 777. The van der Waals surface area contributed by atoms with Gasteiger partial charge in [0.15, 0.2) is 0 Å². The van der Waals surface area contributed by atoms with Crippen LogP contribution in [0.15, 0.2) is 59.5 Å². The summed E-state index contributed by atoms with van der Waals surface area (Å²) in [4.78, 5) is 25.9. The normalized spacial score (nSPS) is 17.3. The van der Waals surface area contributed by atoms with Crippen LogP contribution in [0.3, 0.4) is 0 Å². The molecule has 26 heavy (non-hydrogen) atoms. The Balaban J connectivity index is 1.66. The van der Waals surface area contributed by atoms with Gasteiger partial charge in [0.2, 0.25) is 11.8 Å². The molecular weight excluding hydrogens is 344 g/mol. The van der Waals surface area contributed by atoms with E-state index < -0.39 is 5.25 Å². The second-order valence-corrected chi connectivity index (χ2v) is 8.20. The zero-order valence-electron chi connectivity index (χ0n) is 15.1. The summed E-state index contributed by atoms with van der Waals surface area (Å²) in [6.07, 6.45) is 1.04. The Hall–Kier alpha value is -2.27. The first-order valence-electron chi connectivity index (χ1n) is 8.94. The van der Waals surface area contributed by atoms with E-state index in [0.29, 0.717) is 5.92 Å². The van der Waals surface area contributed by atoms with Gasteiger partial charge in [0, 0.05) is 11.3 Å². The van der Waals surface area contributed by atoms with Crippen LogP contribution in [0.1, 0.15) is 38.3 Å². The molecule has 2 aromatic rings. The van der Waals surface area contributed by atoms with E-state index in [1.165, 1.54) is 11.8 Å². The van der Waals surface area contributed by atoms with Gasteiger partial charge in [-0.1, -0.05) is 56.3 Å². The standard InChI is InChI=1S/C21H24N2O2S/c1-14(2)12-17(15-8-4-3-5-9-15)22-20(24)13-19-21(25)23-16-10-6-7-11-18(16)26-19/h3-11,14,17,19H,12-13H2,1-2H3,(H,22,24)(H,23,25). The number of anilines is 1. The van der Waals surface area contributed by atoms with Crippen molar-refractivity contribution in [3.63, 3.8) is 0 Å². The third-order valence-corrected chi connectivity index (χ3v) is 5.60. The average molecular weight is 369 g/mol. The summed E-state index contributed by atoms with van der Waals surface area (Å²) in [6, 6.07) is 17.6. The predicted octanol–water partition coefficient (Wildman–Crippen LogP) is 4.39. The van der Waals surface area contributed by atoms with E-state index in [2.05, 4.69) is 24.5 Å². The maximum Gasteiger partial charge on any atom is 0.238 e. The average Bonchev–Trinajstić information content (AvgIpc) is 2.62. The van der Waals surface area contributed by atoms with Crippen LogP contribution < -0.4 is 10.6 Å². The van der Waals surface area contributed by atoms with Gasteiger partial charge in [-0.25, -0.2) is 0 Å². The summed E-state index contributed by atoms with van der Waals surface area (Å²) < 4.78 is 0. The molecule has 3 rings (SSSR count). The Labute approximate surface area is 158 Å². The van der Waals surface area contributed by atoms with Gasteiger partial charge in [0.25, 0.3) is 0 Å². The number of amides is 2. The van der Waals surface area contributed by atoms with Crippen LogP contribution >= 0.6 is 11.8 Å². The van der Waals surface area contributed by atoms with Gasteiger partial charge in [0.1, 0.15) is 0 Å². The summed E-state index contributed by atoms with van der Waals surface area (Å²) in [6.45, 7) is 4.28. The fourth-order valence-corrected chi connectivity index (χ4v) is 4.19. The number of carbonyl (C=O) groups is 2. The summed E-state index contributed by atoms with van der Waals surface area (Å²) in [5.74, 6) is 0.259. The molecule has 136 valence electrons. The summed E-state index contributed by atoms with van der Waals surface area (Å²) in [5.41, 5.74) is 1.92. The van der Waals surface area contributed by atoms with Crippen LogP contribution in [0.5, 0.6) is 0 Å². The van der Waals surface area contributed by atoms with Gasteiger partial charge in [-0.2, -0.15) is 0 Å². The van der Waals surface area contributed by atoms with Gasteiger partial charge in [-0.3, -0.25) is 9.59 Å². The topological polar surface area (TPSA) is 58.2 Å². The lowest BCUT2D eigenvalue weighted by molar-refractivity contribution is -0.124. The minimum Gasteiger partial charge on any atom is -0.349 e. The first-order valence-corrected chi connectivity index (χ1v) is 9.81. The van der Waals surface area contributed by atoms with Gasteiger partial charge >= 0.3 is 0 Å². The molecule has 1 heterocycles. The molecule has 0 aromatic heterocycles. The highest BCUT2D eigenvalue weighted by atomic mass is 32.2. The molecule has 0 saturated carbocycles. The van der Waals surface area contributed by atoms with Crippen molar-refractivity contribution in [2.45, 2.75) is 42.9 Å². The second kappa shape index (κ2) is 8.41. The molecule has 2 aromatic carbocycles. The predicted molar refractivity (Wildman–Crippen MR) is 106 cm³/mol. The van der Waals surface area contributed by atoms with E-state index in [-0.39, 0.29) is 24.3 Å².